The Bertz CT molecular complexity index is 378. The molecule has 1 nitrogen and oxygen atoms in total. The van der Waals surface area contributed by atoms with Crippen LogP contribution >= 0.6 is 0 Å². The van der Waals surface area contributed by atoms with Crippen LogP contribution in [0, 0.1) is 0 Å². The summed E-state index contributed by atoms with van der Waals surface area (Å²) in [5, 5.41) is 0. The van der Waals surface area contributed by atoms with Crippen LogP contribution in [0.4, 0.5) is 0 Å². The van der Waals surface area contributed by atoms with Gasteiger partial charge in [-0.15, -0.1) is 0 Å². The Morgan fingerprint density at radius 3 is 2.92 bits per heavy atom. The van der Waals surface area contributed by atoms with E-state index in [9.17, 15) is 0 Å². The monoisotopic (exact) mass is 157 g/mol. The first-order valence-corrected chi connectivity index (χ1v) is 4.62. The van der Waals surface area contributed by atoms with Crippen LogP contribution < -0.4 is 0 Å². The Kier molecular flexibility index (Phi) is 1.06. The van der Waals surface area contributed by atoms with Crippen molar-refractivity contribution in [3.63, 3.8) is 0 Å². The molecule has 0 spiro atoms. The molecule has 0 radical (unpaired) electrons. The van der Waals surface area contributed by atoms with Crippen molar-refractivity contribution in [2.45, 2.75) is 26.2 Å². The second-order valence-corrected chi connectivity index (χ2v) is 3.50. The van der Waals surface area contributed by atoms with Gasteiger partial charge in [0.1, 0.15) is 0 Å². The molecule has 60 valence electrons. The molecule has 2 aliphatic carbocycles. The number of rotatable bonds is 1. The minimum atomic E-state index is 1.18. The maximum absolute atomic E-state index is 4.40. The van der Waals surface area contributed by atoms with Crippen molar-refractivity contribution in [1.82, 2.24) is 0 Å². The molecular formula is C11H11N. The molecule has 0 amide bonds. The number of hydrogen-bond acceptors (Lipinski definition) is 1. The fourth-order valence-electron chi connectivity index (χ4n) is 2.54. The highest BCUT2D eigenvalue weighted by Crippen LogP contribution is 2.45. The molecule has 0 aromatic heterocycles. The van der Waals surface area contributed by atoms with Crippen molar-refractivity contribution in [3.8, 4) is 0 Å². The molecule has 3 aliphatic rings. The van der Waals surface area contributed by atoms with Gasteiger partial charge in [0, 0.05) is 11.8 Å². The van der Waals surface area contributed by atoms with E-state index in [1.54, 1.807) is 11.1 Å². The van der Waals surface area contributed by atoms with Crippen molar-refractivity contribution < 1.29 is 0 Å². The van der Waals surface area contributed by atoms with Crippen molar-refractivity contribution >= 4 is 5.71 Å². The fourth-order valence-corrected chi connectivity index (χ4v) is 2.54. The van der Waals surface area contributed by atoms with Gasteiger partial charge in [0.15, 0.2) is 0 Å². The van der Waals surface area contributed by atoms with Crippen LogP contribution in [0.15, 0.2) is 39.6 Å². The number of fused-ring (bicyclic) bond motifs is 3. The van der Waals surface area contributed by atoms with Crippen LogP contribution in [0.25, 0.3) is 0 Å². The van der Waals surface area contributed by atoms with Gasteiger partial charge in [-0.2, -0.15) is 0 Å². The summed E-state index contributed by atoms with van der Waals surface area (Å²) in [6.07, 6.45) is 7.77. The van der Waals surface area contributed by atoms with Gasteiger partial charge in [0.2, 0.25) is 0 Å². The molecule has 2 bridgehead atoms. The van der Waals surface area contributed by atoms with Crippen molar-refractivity contribution in [2.24, 2.45) is 4.99 Å². The summed E-state index contributed by atoms with van der Waals surface area (Å²) in [4.78, 5) is 4.40. The van der Waals surface area contributed by atoms with Crippen molar-refractivity contribution in [2.75, 3.05) is 0 Å². The molecule has 0 saturated heterocycles. The molecule has 0 aromatic rings. The Morgan fingerprint density at radius 2 is 2.17 bits per heavy atom. The summed E-state index contributed by atoms with van der Waals surface area (Å²) in [6, 6.07) is 0. The Labute approximate surface area is 72.2 Å². The minimum absolute atomic E-state index is 1.18. The molecule has 1 heteroatoms. The van der Waals surface area contributed by atoms with E-state index in [-0.39, 0.29) is 0 Å². The third kappa shape index (κ3) is 0.544. The standard InChI is InChI=1S/C11H11N/c1-2-7-8-3-4-9(7)11-10(8)5-6-12-11/h5-6H,2-4H2,1H3. The van der Waals surface area contributed by atoms with Gasteiger partial charge in [-0.1, -0.05) is 6.92 Å². The average Bonchev–Trinajstić information content (AvgIpc) is 2.75. The van der Waals surface area contributed by atoms with Gasteiger partial charge in [-0.25, -0.2) is 0 Å². The van der Waals surface area contributed by atoms with E-state index in [1.165, 1.54) is 36.1 Å². The molecule has 0 N–H and O–H groups in total. The van der Waals surface area contributed by atoms with Gasteiger partial charge in [0.05, 0.1) is 5.71 Å². The van der Waals surface area contributed by atoms with Crippen LogP contribution in [-0.2, 0) is 0 Å². The van der Waals surface area contributed by atoms with Gasteiger partial charge >= 0.3 is 0 Å². The second-order valence-electron chi connectivity index (χ2n) is 3.50. The second kappa shape index (κ2) is 1.98. The zero-order valence-electron chi connectivity index (χ0n) is 7.22. The third-order valence-electron chi connectivity index (χ3n) is 3.02. The molecule has 1 heterocycles. The molecule has 12 heavy (non-hydrogen) atoms. The molecule has 0 saturated carbocycles. The van der Waals surface area contributed by atoms with Crippen LogP contribution in [0.3, 0.4) is 0 Å². The maximum Gasteiger partial charge on any atom is 0.0740 e. The molecule has 0 unspecified atom stereocenters. The highest BCUT2D eigenvalue weighted by atomic mass is 14.8. The first-order valence-electron chi connectivity index (χ1n) is 4.62. The Hall–Kier alpha value is -1.11. The molecule has 0 aromatic carbocycles. The number of nitrogens with zero attached hydrogens (tertiary/aromatic N) is 1. The normalized spacial score (nSPS) is 24.2. The lowest BCUT2D eigenvalue weighted by molar-refractivity contribution is 1.01. The van der Waals surface area contributed by atoms with E-state index >= 15 is 0 Å². The Balaban J connectivity index is 2.26. The van der Waals surface area contributed by atoms with Crippen LogP contribution in [0.5, 0.6) is 0 Å². The third-order valence-corrected chi connectivity index (χ3v) is 3.02. The molecule has 0 fully saturated rings. The fraction of sp³-hybridized carbons (Fsp3) is 0.364. The lowest BCUT2D eigenvalue weighted by atomic mass is 9.98. The van der Waals surface area contributed by atoms with E-state index in [4.69, 9.17) is 0 Å². The van der Waals surface area contributed by atoms with Gasteiger partial charge in [-0.05, 0) is 42.1 Å². The summed E-state index contributed by atoms with van der Waals surface area (Å²) >= 11 is 0. The summed E-state index contributed by atoms with van der Waals surface area (Å²) in [5.74, 6) is 0. The van der Waals surface area contributed by atoms with E-state index in [2.05, 4.69) is 18.0 Å². The minimum Gasteiger partial charge on any atom is -0.256 e. The number of allylic oxidation sites excluding steroid dienone is 5. The maximum atomic E-state index is 4.40. The molecular weight excluding hydrogens is 146 g/mol. The zero-order valence-corrected chi connectivity index (χ0v) is 7.22. The molecule has 3 rings (SSSR count). The summed E-state index contributed by atoms with van der Waals surface area (Å²) in [7, 11) is 0. The first-order chi connectivity index (χ1) is 5.92. The molecule has 1 aliphatic heterocycles. The van der Waals surface area contributed by atoms with Gasteiger partial charge in [-0.3, -0.25) is 4.99 Å². The Morgan fingerprint density at radius 1 is 1.33 bits per heavy atom. The number of aliphatic imine (C=N–C) groups is 1. The summed E-state index contributed by atoms with van der Waals surface area (Å²) in [5.41, 5.74) is 7.42. The highest BCUT2D eigenvalue weighted by molar-refractivity contribution is 6.21. The smallest absolute Gasteiger partial charge is 0.0740 e. The van der Waals surface area contributed by atoms with Crippen molar-refractivity contribution in [1.29, 1.82) is 0 Å². The van der Waals surface area contributed by atoms with Crippen LogP contribution in [-0.4, -0.2) is 5.71 Å². The van der Waals surface area contributed by atoms with E-state index in [0.29, 0.717) is 0 Å². The highest BCUT2D eigenvalue weighted by Gasteiger charge is 2.33. The van der Waals surface area contributed by atoms with E-state index < -0.39 is 0 Å². The average molecular weight is 157 g/mol. The van der Waals surface area contributed by atoms with E-state index in [1.807, 2.05) is 6.20 Å². The first kappa shape index (κ1) is 6.41. The lowest BCUT2D eigenvalue weighted by Crippen LogP contribution is -2.01. The van der Waals surface area contributed by atoms with Crippen molar-refractivity contribution in [3.05, 3.63) is 34.6 Å². The van der Waals surface area contributed by atoms with E-state index in [0.717, 1.165) is 0 Å². The number of hydrogen-bond donors (Lipinski definition) is 0. The summed E-state index contributed by atoms with van der Waals surface area (Å²) in [6.45, 7) is 2.24. The lowest BCUT2D eigenvalue weighted by Gasteiger charge is -2.05. The summed E-state index contributed by atoms with van der Waals surface area (Å²) < 4.78 is 0. The topological polar surface area (TPSA) is 12.4 Å². The SMILES string of the molecule is CCC1=C2CCC1=C1C=CN=C12. The predicted octanol–water partition coefficient (Wildman–Crippen LogP) is 2.77. The van der Waals surface area contributed by atoms with Crippen LogP contribution in [0.1, 0.15) is 26.2 Å². The predicted molar refractivity (Wildman–Crippen MR) is 50.2 cm³/mol. The largest absolute Gasteiger partial charge is 0.256 e. The zero-order chi connectivity index (χ0) is 8.13. The van der Waals surface area contributed by atoms with Crippen LogP contribution in [0.2, 0.25) is 0 Å². The quantitative estimate of drug-likeness (QED) is 0.555. The van der Waals surface area contributed by atoms with Gasteiger partial charge < -0.3 is 0 Å². The van der Waals surface area contributed by atoms with Gasteiger partial charge in [0.25, 0.3) is 0 Å². The molecule has 0 atom stereocenters.